The van der Waals surface area contributed by atoms with E-state index in [0.717, 1.165) is 5.65 Å². The molecule has 0 spiro atoms. The summed E-state index contributed by atoms with van der Waals surface area (Å²) in [6.07, 6.45) is 1.50. The molecule has 0 aromatic carbocycles. The second-order valence-corrected chi connectivity index (χ2v) is 2.10. The zero-order valence-electron chi connectivity index (χ0n) is 8.06. The fourth-order valence-electron chi connectivity index (χ4n) is 0.975. The zero-order chi connectivity index (χ0) is 9.68. The van der Waals surface area contributed by atoms with Gasteiger partial charge in [-0.2, -0.15) is 9.61 Å². The van der Waals surface area contributed by atoms with Crippen molar-refractivity contribution in [2.45, 2.75) is 13.8 Å². The van der Waals surface area contributed by atoms with Crippen LogP contribution in [0.3, 0.4) is 0 Å². The number of methoxy groups -OCH3 is 1. The van der Waals surface area contributed by atoms with Gasteiger partial charge in [0.1, 0.15) is 6.33 Å². The lowest BCUT2D eigenvalue weighted by Gasteiger charge is -1.99. The second kappa shape index (κ2) is 4.45. The van der Waals surface area contributed by atoms with E-state index < -0.39 is 0 Å². The third-order valence-electron chi connectivity index (χ3n) is 1.48. The quantitative estimate of drug-likeness (QED) is 0.669. The number of ether oxygens (including phenoxy) is 1. The van der Waals surface area contributed by atoms with E-state index in [9.17, 15) is 0 Å². The molecule has 13 heavy (non-hydrogen) atoms. The Morgan fingerprint density at radius 2 is 2.08 bits per heavy atom. The lowest BCUT2D eigenvalue weighted by Crippen LogP contribution is -1.94. The summed E-state index contributed by atoms with van der Waals surface area (Å²) < 4.78 is 6.69. The van der Waals surface area contributed by atoms with Gasteiger partial charge in [0.25, 0.3) is 0 Å². The van der Waals surface area contributed by atoms with Crippen LogP contribution in [0.5, 0.6) is 5.88 Å². The predicted molar refractivity (Wildman–Crippen MR) is 50.9 cm³/mol. The Morgan fingerprint density at radius 1 is 1.31 bits per heavy atom. The molecule has 4 heteroatoms. The largest absolute Gasteiger partial charge is 0.481 e. The summed E-state index contributed by atoms with van der Waals surface area (Å²) in [4.78, 5) is 4.00. The molecule has 0 bridgehead atoms. The Morgan fingerprint density at radius 3 is 2.77 bits per heavy atom. The summed E-state index contributed by atoms with van der Waals surface area (Å²) in [5, 5.41) is 3.97. The summed E-state index contributed by atoms with van der Waals surface area (Å²) in [7, 11) is 1.61. The average molecular weight is 179 g/mol. The van der Waals surface area contributed by atoms with Crippen molar-refractivity contribution in [2.75, 3.05) is 7.11 Å². The molecule has 2 aromatic rings. The van der Waals surface area contributed by atoms with Crippen LogP contribution in [0, 0.1) is 0 Å². The third-order valence-corrected chi connectivity index (χ3v) is 1.48. The van der Waals surface area contributed by atoms with E-state index in [1.165, 1.54) is 6.33 Å². The van der Waals surface area contributed by atoms with Gasteiger partial charge in [0.2, 0.25) is 5.88 Å². The Bertz CT molecular complexity index is 370. The molecule has 0 aliphatic rings. The fourth-order valence-corrected chi connectivity index (χ4v) is 0.975. The van der Waals surface area contributed by atoms with Crippen molar-refractivity contribution in [3.8, 4) is 5.88 Å². The number of rotatable bonds is 1. The molecule has 0 fully saturated rings. The highest BCUT2D eigenvalue weighted by molar-refractivity contribution is 5.39. The first-order valence-electron chi connectivity index (χ1n) is 4.24. The van der Waals surface area contributed by atoms with Gasteiger partial charge in [-0.05, 0) is 6.07 Å². The molecule has 0 aliphatic heterocycles. The number of fused-ring (bicyclic) bond motifs is 1. The molecule has 2 rings (SSSR count). The van der Waals surface area contributed by atoms with Crippen LogP contribution < -0.4 is 4.74 Å². The third kappa shape index (κ3) is 1.77. The molecule has 70 valence electrons. The maximum atomic E-state index is 5.05. The summed E-state index contributed by atoms with van der Waals surface area (Å²) in [6, 6.07) is 5.58. The molecule has 0 N–H and O–H groups in total. The van der Waals surface area contributed by atoms with Crippen LogP contribution in [-0.2, 0) is 0 Å². The molecule has 0 saturated heterocycles. The number of pyridine rings is 1. The van der Waals surface area contributed by atoms with E-state index in [-0.39, 0.29) is 0 Å². The summed E-state index contributed by atoms with van der Waals surface area (Å²) in [6.45, 7) is 4.00. The number of aromatic nitrogens is 3. The molecule has 0 radical (unpaired) electrons. The first kappa shape index (κ1) is 9.51. The van der Waals surface area contributed by atoms with Gasteiger partial charge in [0.05, 0.1) is 7.11 Å². The van der Waals surface area contributed by atoms with Crippen LogP contribution >= 0.6 is 0 Å². The van der Waals surface area contributed by atoms with E-state index in [1.807, 2.05) is 32.0 Å². The highest BCUT2D eigenvalue weighted by Crippen LogP contribution is 2.09. The molecule has 2 heterocycles. The van der Waals surface area contributed by atoms with Crippen molar-refractivity contribution in [3.05, 3.63) is 24.5 Å². The van der Waals surface area contributed by atoms with E-state index in [0.29, 0.717) is 5.88 Å². The first-order chi connectivity index (χ1) is 6.42. The molecule has 0 unspecified atom stereocenters. The lowest BCUT2D eigenvalue weighted by atomic mass is 10.5. The maximum Gasteiger partial charge on any atom is 0.216 e. The Hall–Kier alpha value is -1.58. The minimum absolute atomic E-state index is 0.694. The van der Waals surface area contributed by atoms with E-state index in [1.54, 1.807) is 11.6 Å². The topological polar surface area (TPSA) is 39.4 Å². The van der Waals surface area contributed by atoms with Gasteiger partial charge in [-0.1, -0.05) is 19.9 Å². The SMILES string of the molecule is CC.COc1cccc2ncnn12. The van der Waals surface area contributed by atoms with E-state index >= 15 is 0 Å². The number of nitrogens with zero attached hydrogens (tertiary/aromatic N) is 3. The minimum atomic E-state index is 0.694. The standard InChI is InChI=1S/C7H7N3O.C2H6/c1-11-7-4-2-3-6-8-5-9-10(6)7;1-2/h2-5H,1H3;1-2H3. The second-order valence-electron chi connectivity index (χ2n) is 2.10. The zero-order valence-corrected chi connectivity index (χ0v) is 8.06. The van der Waals surface area contributed by atoms with Crippen molar-refractivity contribution in [1.29, 1.82) is 0 Å². The van der Waals surface area contributed by atoms with Gasteiger partial charge in [-0.25, -0.2) is 4.98 Å². The van der Waals surface area contributed by atoms with Crippen LogP contribution in [0.25, 0.3) is 5.65 Å². The molecule has 4 nitrogen and oxygen atoms in total. The molecule has 0 aliphatic carbocycles. The van der Waals surface area contributed by atoms with Crippen molar-refractivity contribution < 1.29 is 4.74 Å². The number of hydrogen-bond acceptors (Lipinski definition) is 3. The van der Waals surface area contributed by atoms with E-state index in [2.05, 4.69) is 10.1 Å². The van der Waals surface area contributed by atoms with Gasteiger partial charge in [-0.15, -0.1) is 0 Å². The Labute approximate surface area is 77.2 Å². The van der Waals surface area contributed by atoms with Gasteiger partial charge in [0, 0.05) is 6.07 Å². The van der Waals surface area contributed by atoms with E-state index in [4.69, 9.17) is 4.74 Å². The summed E-state index contributed by atoms with van der Waals surface area (Å²) in [5.74, 6) is 0.694. The molecule has 0 saturated carbocycles. The predicted octanol–water partition coefficient (Wildman–Crippen LogP) is 1.76. The summed E-state index contributed by atoms with van der Waals surface area (Å²) in [5.41, 5.74) is 0.796. The van der Waals surface area contributed by atoms with Gasteiger partial charge in [0.15, 0.2) is 5.65 Å². The Balaban J connectivity index is 0.000000396. The van der Waals surface area contributed by atoms with Crippen LogP contribution in [0.2, 0.25) is 0 Å². The van der Waals surface area contributed by atoms with Crippen molar-refractivity contribution >= 4 is 5.65 Å². The minimum Gasteiger partial charge on any atom is -0.481 e. The lowest BCUT2D eigenvalue weighted by molar-refractivity contribution is 0.385. The molecule has 2 aromatic heterocycles. The van der Waals surface area contributed by atoms with Crippen LogP contribution in [0.1, 0.15) is 13.8 Å². The molecule has 0 amide bonds. The van der Waals surface area contributed by atoms with Gasteiger partial charge >= 0.3 is 0 Å². The molecular weight excluding hydrogens is 166 g/mol. The van der Waals surface area contributed by atoms with Crippen molar-refractivity contribution in [1.82, 2.24) is 14.6 Å². The maximum absolute atomic E-state index is 5.05. The first-order valence-corrected chi connectivity index (χ1v) is 4.24. The smallest absolute Gasteiger partial charge is 0.216 e. The van der Waals surface area contributed by atoms with Crippen molar-refractivity contribution in [2.24, 2.45) is 0 Å². The van der Waals surface area contributed by atoms with Crippen molar-refractivity contribution in [3.63, 3.8) is 0 Å². The highest BCUT2D eigenvalue weighted by atomic mass is 16.5. The van der Waals surface area contributed by atoms with Crippen LogP contribution in [0.4, 0.5) is 0 Å². The van der Waals surface area contributed by atoms with Gasteiger partial charge < -0.3 is 4.74 Å². The fraction of sp³-hybridized carbons (Fsp3) is 0.333. The molecule has 0 atom stereocenters. The average Bonchev–Trinajstić information content (AvgIpc) is 2.68. The van der Waals surface area contributed by atoms with Gasteiger partial charge in [-0.3, -0.25) is 0 Å². The summed E-state index contributed by atoms with van der Waals surface area (Å²) >= 11 is 0. The van der Waals surface area contributed by atoms with Crippen LogP contribution in [-0.4, -0.2) is 21.7 Å². The normalized spacial score (nSPS) is 9.15. The monoisotopic (exact) mass is 179 g/mol. The van der Waals surface area contributed by atoms with Crippen LogP contribution in [0.15, 0.2) is 24.5 Å². The molecular formula is C9H13N3O. The Kier molecular flexibility index (Phi) is 3.25. The highest BCUT2D eigenvalue weighted by Gasteiger charge is 1.98. The number of hydrogen-bond donors (Lipinski definition) is 0.